The number of benzene rings is 15. The molecule has 0 N–H and O–H groups in total. The third kappa shape index (κ3) is 17.7. The van der Waals surface area contributed by atoms with Crippen LogP contribution < -0.4 is 38.2 Å². The van der Waals surface area contributed by atoms with Gasteiger partial charge >= 0.3 is 11.9 Å². The molecule has 0 aliphatic carbocycles. The third-order valence-electron chi connectivity index (χ3n) is 25.0. The highest BCUT2D eigenvalue weighted by molar-refractivity contribution is 7.10. The zero-order valence-corrected chi connectivity index (χ0v) is 79.6. The molecule has 6 amide bonds. The lowest BCUT2D eigenvalue weighted by atomic mass is 9.80. The van der Waals surface area contributed by atoms with Gasteiger partial charge in [0.25, 0.3) is 35.4 Å². The highest BCUT2D eigenvalue weighted by Crippen LogP contribution is 2.60. The van der Waals surface area contributed by atoms with E-state index in [4.69, 9.17) is 61.6 Å². The Labute approximate surface area is 832 Å². The average molecular weight is 1940 g/mol. The summed E-state index contributed by atoms with van der Waals surface area (Å²) >= 11 is 14.5. The van der Waals surface area contributed by atoms with Crippen molar-refractivity contribution in [2.75, 3.05) is 9.80 Å². The standard InChI is InChI=1S/C118H80Cl2N6O14S2/c1-67-53-68(2)56-73(55-67)65-123(99-59-87(47-49-121-99)139-117(133)71(5)119)115(131)109(97-29-19-51-141-97)125-111(127)89-61-93(135-83-39-31-79(32-40-83)75-21-11-7-12-22-75)103-105-95(137-85-43-35-81(36-44-85)77-25-15-9-16-26-77)63-91-102-92(114(130)126(113(91)129)110(98-30-20-52-142-98)116(132)124(66-74-57-69(3)54-70(4)58-74)100-60-88(48-50-122-100)140-118(134)72(6)120)64-96(138-86-45-37-82(38-46-86)78-27-17-10-18-28-78)106(108(102)105)104-94(62-90(112(125)128)101(89)107(103)104)136-84-41-33-80(34-42-84)76-23-13-8-14-24-76/h7-64,109-110H,5-6,65-66H2,1-4H3. The third-order valence-corrected chi connectivity index (χ3v) is 27.1. The number of rotatable bonds is 28. The molecule has 0 saturated heterocycles. The zero-order chi connectivity index (χ0) is 97.8. The van der Waals surface area contributed by atoms with Crippen LogP contribution in [0, 0.1) is 27.7 Å². The smallest absolute Gasteiger partial charge is 0.354 e. The van der Waals surface area contributed by atoms with Crippen LogP contribution in [0.1, 0.15) is 96.7 Å². The number of carbonyl (C=O) groups is 8. The van der Waals surface area contributed by atoms with Crippen LogP contribution in [0.2, 0.25) is 0 Å². The number of halogens is 2. The SMILES string of the molecule is C=C(Cl)C(=O)Oc1ccnc(N(Cc2cc(C)cc(C)c2)C(=O)C(c2cccs2)N2C(=O)c3cc(Oc4ccc(-c5ccccc5)cc4)c4c5c(Oc6ccc(-c7ccccc7)cc6)cc6c7c(cc(Oc8ccc(-c9ccccc9)cc8)c(c8c(Oc9ccc(-c%10ccccc%10)cc9)cc(c3c48)C2=O)c75)C(=O)N(C(C(=O)N(Cc2cc(C)cc(C)c2)c2cc(OC(=O)C(=C)Cl)ccn2)c2cccs2)C6=O)c1. The Morgan fingerprint density at radius 2 is 0.585 bits per heavy atom. The van der Waals surface area contributed by atoms with E-state index in [1.807, 2.05) is 234 Å². The molecule has 0 spiro atoms. The molecule has 0 radical (unpaired) electrons. The summed E-state index contributed by atoms with van der Waals surface area (Å²) in [5, 5.41) is 3.68. The van der Waals surface area contributed by atoms with Crippen molar-refractivity contribution < 1.29 is 66.8 Å². The maximum Gasteiger partial charge on any atom is 0.354 e. The topological polar surface area (TPSA) is 231 Å². The number of pyridine rings is 2. The molecule has 6 heterocycles. The van der Waals surface area contributed by atoms with Crippen LogP contribution in [0.4, 0.5) is 11.6 Å². The van der Waals surface area contributed by atoms with Gasteiger partial charge in [-0.2, -0.15) is 0 Å². The zero-order valence-electron chi connectivity index (χ0n) is 76.4. The number of thiophene rings is 2. The number of aryl methyl sites for hydroxylation is 4. The monoisotopic (exact) mass is 1940 g/mol. The lowest BCUT2D eigenvalue weighted by Crippen LogP contribution is -2.49. The van der Waals surface area contributed by atoms with Gasteiger partial charge in [0, 0.05) is 77.4 Å². The minimum Gasteiger partial charge on any atom is -0.457 e. The van der Waals surface area contributed by atoms with E-state index < -0.39 is 69.5 Å². The van der Waals surface area contributed by atoms with Gasteiger partial charge in [-0.05, 0) is 191 Å². The largest absolute Gasteiger partial charge is 0.457 e. The maximum absolute atomic E-state index is 17.6. The van der Waals surface area contributed by atoms with Gasteiger partial charge in [0.2, 0.25) is 0 Å². The number of carbonyl (C=O) groups excluding carboxylic acids is 8. The number of fused-ring (bicyclic) bond motifs is 2. The first-order valence-corrected chi connectivity index (χ1v) is 47.8. The lowest BCUT2D eigenvalue weighted by Gasteiger charge is -2.37. The summed E-state index contributed by atoms with van der Waals surface area (Å²) in [6.45, 7) is 14.4. The number of ether oxygens (including phenoxy) is 6. The van der Waals surface area contributed by atoms with Crippen LogP contribution in [0.15, 0.2) is 374 Å². The first-order chi connectivity index (χ1) is 69.0. The number of aromatic nitrogens is 2. The molecule has 20 nitrogen and oxygen atoms in total. The van der Waals surface area contributed by atoms with Crippen LogP contribution in [0.5, 0.6) is 57.5 Å². The normalized spacial score (nSPS) is 12.6. The van der Waals surface area contributed by atoms with E-state index in [0.717, 1.165) is 99.2 Å². The van der Waals surface area contributed by atoms with Gasteiger partial charge in [0.15, 0.2) is 12.1 Å². The van der Waals surface area contributed by atoms with Crippen molar-refractivity contribution in [1.29, 1.82) is 0 Å². The molecule has 692 valence electrons. The van der Waals surface area contributed by atoms with Gasteiger partial charge in [0.1, 0.15) is 79.2 Å². The summed E-state index contributed by atoms with van der Waals surface area (Å²) in [6, 6.07) is 94.9. The Balaban J connectivity index is 0.867. The summed E-state index contributed by atoms with van der Waals surface area (Å²) in [6.07, 6.45) is 2.70. The number of esters is 2. The Kier molecular flexibility index (Phi) is 24.6. The van der Waals surface area contributed by atoms with Gasteiger partial charge in [-0.25, -0.2) is 19.6 Å². The molecule has 2 atom stereocenters. The molecular weight excluding hydrogens is 1860 g/mol. The van der Waals surface area contributed by atoms with Crippen molar-refractivity contribution in [2.24, 2.45) is 0 Å². The number of anilines is 2. The van der Waals surface area contributed by atoms with Crippen LogP contribution in [0.3, 0.4) is 0 Å². The number of hydrogen-bond acceptors (Lipinski definition) is 18. The number of nitrogens with zero attached hydrogens (tertiary/aromatic N) is 6. The van der Waals surface area contributed by atoms with Gasteiger partial charge in [-0.15, -0.1) is 22.7 Å². The highest BCUT2D eigenvalue weighted by Gasteiger charge is 2.50. The predicted octanol–water partition coefficient (Wildman–Crippen LogP) is 28.2. The van der Waals surface area contributed by atoms with Gasteiger partial charge in [0.05, 0.1) is 35.3 Å². The van der Waals surface area contributed by atoms with Crippen molar-refractivity contribution in [3.05, 3.63) is 439 Å². The first kappa shape index (κ1) is 91.2. The van der Waals surface area contributed by atoms with Crippen molar-refractivity contribution in [1.82, 2.24) is 19.8 Å². The van der Waals surface area contributed by atoms with E-state index in [9.17, 15) is 9.59 Å². The molecule has 2 unspecified atom stereocenters. The molecule has 15 aromatic carbocycles. The van der Waals surface area contributed by atoms with Gasteiger partial charge in [-0.1, -0.05) is 277 Å². The molecule has 142 heavy (non-hydrogen) atoms. The minimum absolute atomic E-state index is 0.0380. The summed E-state index contributed by atoms with van der Waals surface area (Å²) in [4.78, 5) is 146. The Hall–Kier alpha value is -17.3. The van der Waals surface area contributed by atoms with E-state index in [2.05, 4.69) is 13.2 Å². The van der Waals surface area contributed by atoms with E-state index in [1.165, 1.54) is 46.5 Å². The first-order valence-electron chi connectivity index (χ1n) is 45.3. The molecule has 21 rings (SSSR count). The Morgan fingerprint density at radius 1 is 0.317 bits per heavy atom. The minimum atomic E-state index is -1.80. The molecule has 24 heteroatoms. The fourth-order valence-corrected chi connectivity index (χ4v) is 20.6. The van der Waals surface area contributed by atoms with Crippen molar-refractivity contribution in [3.8, 4) is 102 Å². The fourth-order valence-electron chi connectivity index (χ4n) is 18.9. The van der Waals surface area contributed by atoms with Crippen molar-refractivity contribution >= 4 is 148 Å². The second-order valence-electron chi connectivity index (χ2n) is 34.6. The Morgan fingerprint density at radius 3 is 0.838 bits per heavy atom. The van der Waals surface area contributed by atoms with Crippen LogP contribution in [0.25, 0.3) is 87.6 Å². The van der Waals surface area contributed by atoms with E-state index >= 15 is 28.8 Å². The number of amides is 6. The van der Waals surface area contributed by atoms with E-state index in [1.54, 1.807) is 108 Å². The summed E-state index contributed by atoms with van der Waals surface area (Å²) in [5.74, 6) is -6.77. The quantitative estimate of drug-likeness (QED) is 0.0146. The van der Waals surface area contributed by atoms with Crippen molar-refractivity contribution in [2.45, 2.75) is 52.9 Å². The predicted molar refractivity (Wildman–Crippen MR) is 555 cm³/mol. The average Bonchev–Trinajstić information content (AvgIpc) is 1.07. The van der Waals surface area contributed by atoms with Crippen LogP contribution in [-0.4, -0.2) is 67.1 Å². The molecule has 0 bridgehead atoms. The lowest BCUT2D eigenvalue weighted by molar-refractivity contribution is -0.130. The number of hydrogen-bond donors (Lipinski definition) is 0. The Bertz CT molecular complexity index is 7500. The van der Waals surface area contributed by atoms with Gasteiger partial charge < -0.3 is 28.4 Å². The van der Waals surface area contributed by atoms with Crippen molar-refractivity contribution in [3.63, 3.8) is 0 Å². The van der Waals surface area contributed by atoms with Crippen LogP contribution in [-0.2, 0) is 32.3 Å². The molecule has 0 fully saturated rings. The molecule has 4 aromatic heterocycles. The molecule has 19 aromatic rings. The van der Waals surface area contributed by atoms with Gasteiger partial charge in [-0.3, -0.25) is 48.4 Å². The van der Waals surface area contributed by atoms with Crippen LogP contribution >= 0.6 is 45.9 Å². The van der Waals surface area contributed by atoms with E-state index in [-0.39, 0.29) is 157 Å². The molecule has 0 saturated carbocycles. The molecule has 2 aliphatic rings. The molecule has 2 aliphatic heterocycles. The molecular formula is C118H80Cl2N6O14S2. The maximum atomic E-state index is 17.6. The summed E-state index contributed by atoms with van der Waals surface area (Å²) in [7, 11) is 0. The van der Waals surface area contributed by atoms with E-state index in [0.29, 0.717) is 11.1 Å². The summed E-state index contributed by atoms with van der Waals surface area (Å²) < 4.78 is 41.8. The summed E-state index contributed by atoms with van der Waals surface area (Å²) in [5.41, 5.74) is 11.1. The number of imide groups is 2. The second kappa shape index (κ2) is 38.2. The second-order valence-corrected chi connectivity index (χ2v) is 37.5. The highest BCUT2D eigenvalue weighted by atomic mass is 35.5. The fraction of sp³-hybridized carbons (Fsp3) is 0.0678.